The van der Waals surface area contributed by atoms with E-state index in [0.717, 1.165) is 11.1 Å². The average molecular weight is 325 g/mol. The molecule has 0 aliphatic heterocycles. The Morgan fingerprint density at radius 1 is 1.19 bits per heavy atom. The first-order valence-corrected chi connectivity index (χ1v) is 8.30. The van der Waals surface area contributed by atoms with E-state index in [0.29, 0.717) is 5.69 Å². The van der Waals surface area contributed by atoms with Gasteiger partial charge in [-0.25, -0.2) is 13.1 Å². The second-order valence-electron chi connectivity index (χ2n) is 4.89. The molecule has 0 radical (unpaired) electrons. The zero-order chi connectivity index (χ0) is 15.6. The lowest BCUT2D eigenvalue weighted by Crippen LogP contribution is -2.27. The molecule has 0 aromatic heterocycles. The van der Waals surface area contributed by atoms with Gasteiger partial charge in [0.2, 0.25) is 10.0 Å². The van der Waals surface area contributed by atoms with Crippen molar-refractivity contribution >= 4 is 27.3 Å². The van der Waals surface area contributed by atoms with Crippen LogP contribution in [-0.2, 0) is 10.0 Å². The molecule has 0 aliphatic carbocycles. The van der Waals surface area contributed by atoms with E-state index >= 15 is 0 Å². The molecule has 2 rings (SSSR count). The van der Waals surface area contributed by atoms with Gasteiger partial charge < -0.3 is 5.73 Å². The third-order valence-corrected chi connectivity index (χ3v) is 5.26. The fourth-order valence-corrected chi connectivity index (χ4v) is 3.94. The molecule has 112 valence electrons. The van der Waals surface area contributed by atoms with E-state index in [9.17, 15) is 8.42 Å². The van der Waals surface area contributed by atoms with Gasteiger partial charge in [0, 0.05) is 11.7 Å². The highest BCUT2D eigenvalue weighted by Gasteiger charge is 2.21. The van der Waals surface area contributed by atoms with Gasteiger partial charge in [-0.05, 0) is 43.2 Å². The monoisotopic (exact) mass is 324 g/mol. The minimum Gasteiger partial charge on any atom is -0.399 e. The van der Waals surface area contributed by atoms with Crippen LogP contribution in [0.2, 0.25) is 5.02 Å². The van der Waals surface area contributed by atoms with E-state index < -0.39 is 10.0 Å². The maximum atomic E-state index is 12.4. The summed E-state index contributed by atoms with van der Waals surface area (Å²) < 4.78 is 27.5. The number of hydrogen-bond acceptors (Lipinski definition) is 3. The quantitative estimate of drug-likeness (QED) is 0.848. The summed E-state index contributed by atoms with van der Waals surface area (Å²) in [6.07, 6.45) is 0. The summed E-state index contributed by atoms with van der Waals surface area (Å²) in [6, 6.07) is 11.6. The van der Waals surface area contributed by atoms with E-state index in [4.69, 9.17) is 17.3 Å². The Morgan fingerprint density at radius 3 is 2.48 bits per heavy atom. The first kappa shape index (κ1) is 15.8. The average Bonchev–Trinajstić information content (AvgIpc) is 2.37. The number of anilines is 1. The molecule has 0 fully saturated rings. The van der Waals surface area contributed by atoms with Crippen LogP contribution in [0.4, 0.5) is 5.69 Å². The molecular weight excluding hydrogens is 308 g/mol. The van der Waals surface area contributed by atoms with Crippen LogP contribution in [0.15, 0.2) is 47.4 Å². The number of nitrogens with two attached hydrogens (primary N) is 1. The van der Waals surface area contributed by atoms with Crippen molar-refractivity contribution in [2.24, 2.45) is 0 Å². The number of rotatable bonds is 4. The van der Waals surface area contributed by atoms with E-state index in [2.05, 4.69) is 4.72 Å². The topological polar surface area (TPSA) is 72.2 Å². The van der Waals surface area contributed by atoms with Crippen molar-refractivity contribution in [1.29, 1.82) is 0 Å². The molecule has 0 aliphatic rings. The molecule has 0 saturated heterocycles. The van der Waals surface area contributed by atoms with E-state index in [1.807, 2.05) is 31.2 Å². The normalized spacial score (nSPS) is 13.1. The van der Waals surface area contributed by atoms with Crippen molar-refractivity contribution in [2.75, 3.05) is 5.73 Å². The highest BCUT2D eigenvalue weighted by Crippen LogP contribution is 2.26. The zero-order valence-electron chi connectivity index (χ0n) is 11.8. The van der Waals surface area contributed by atoms with Crippen LogP contribution in [-0.4, -0.2) is 8.42 Å². The molecule has 0 saturated carbocycles. The Labute approximate surface area is 130 Å². The maximum absolute atomic E-state index is 12.4. The lowest BCUT2D eigenvalue weighted by molar-refractivity contribution is 0.566. The van der Waals surface area contributed by atoms with Gasteiger partial charge >= 0.3 is 0 Å². The summed E-state index contributed by atoms with van der Waals surface area (Å²) >= 11 is 5.98. The number of sulfonamides is 1. The Bertz CT molecular complexity index is 760. The number of benzene rings is 2. The predicted octanol–water partition coefficient (Wildman–Crippen LogP) is 3.27. The minimum atomic E-state index is -3.71. The van der Waals surface area contributed by atoms with Crippen LogP contribution in [0.3, 0.4) is 0 Å². The first-order valence-electron chi connectivity index (χ1n) is 6.44. The Kier molecular flexibility index (Phi) is 4.56. The van der Waals surface area contributed by atoms with Crippen LogP contribution in [0.25, 0.3) is 0 Å². The lowest BCUT2D eigenvalue weighted by atomic mass is 10.0. The molecule has 4 nitrogen and oxygen atoms in total. The third-order valence-electron chi connectivity index (χ3n) is 3.23. The number of nitrogen functional groups attached to an aromatic ring is 1. The molecule has 1 unspecified atom stereocenters. The maximum Gasteiger partial charge on any atom is 0.242 e. The van der Waals surface area contributed by atoms with E-state index in [-0.39, 0.29) is 16.0 Å². The van der Waals surface area contributed by atoms with Crippen molar-refractivity contribution in [1.82, 2.24) is 4.72 Å². The van der Waals surface area contributed by atoms with Gasteiger partial charge in [0.15, 0.2) is 0 Å². The fraction of sp³-hybridized carbons (Fsp3) is 0.200. The molecule has 0 amide bonds. The summed E-state index contributed by atoms with van der Waals surface area (Å²) in [7, 11) is -3.71. The first-order chi connectivity index (χ1) is 9.81. The van der Waals surface area contributed by atoms with Crippen molar-refractivity contribution in [3.8, 4) is 0 Å². The van der Waals surface area contributed by atoms with Gasteiger partial charge in [-0.1, -0.05) is 35.9 Å². The molecule has 21 heavy (non-hydrogen) atoms. The summed E-state index contributed by atoms with van der Waals surface area (Å²) in [5.41, 5.74) is 7.95. The molecule has 2 aromatic rings. The van der Waals surface area contributed by atoms with Crippen molar-refractivity contribution in [2.45, 2.75) is 24.8 Å². The van der Waals surface area contributed by atoms with Crippen LogP contribution in [0.1, 0.15) is 24.1 Å². The van der Waals surface area contributed by atoms with Crippen LogP contribution >= 0.6 is 11.6 Å². The van der Waals surface area contributed by atoms with Crippen LogP contribution in [0.5, 0.6) is 0 Å². The molecule has 0 spiro atoms. The summed E-state index contributed by atoms with van der Waals surface area (Å²) in [6.45, 7) is 3.74. The summed E-state index contributed by atoms with van der Waals surface area (Å²) in [4.78, 5) is 0.0267. The SMILES string of the molecule is Cc1ccccc1C(C)NS(=O)(=O)c1ccc(N)cc1Cl. The number of halogens is 1. The molecule has 0 bridgehead atoms. The van der Waals surface area contributed by atoms with Crippen molar-refractivity contribution in [3.05, 3.63) is 58.6 Å². The second kappa shape index (κ2) is 6.05. The van der Waals surface area contributed by atoms with Crippen LogP contribution in [0, 0.1) is 6.92 Å². The van der Waals surface area contributed by atoms with E-state index in [1.165, 1.54) is 18.2 Å². The number of aryl methyl sites for hydroxylation is 1. The minimum absolute atomic E-state index is 0.0267. The standard InChI is InChI=1S/C15H17ClN2O2S/c1-10-5-3-4-6-13(10)11(2)18-21(19,20)15-8-7-12(17)9-14(15)16/h3-9,11,18H,17H2,1-2H3. The number of hydrogen-bond donors (Lipinski definition) is 2. The smallest absolute Gasteiger partial charge is 0.242 e. The molecule has 1 atom stereocenters. The highest BCUT2D eigenvalue weighted by molar-refractivity contribution is 7.89. The Balaban J connectivity index is 2.31. The van der Waals surface area contributed by atoms with E-state index in [1.54, 1.807) is 6.92 Å². The van der Waals surface area contributed by atoms with Gasteiger partial charge in [-0.3, -0.25) is 0 Å². The van der Waals surface area contributed by atoms with Gasteiger partial charge in [0.05, 0.1) is 5.02 Å². The molecule has 2 aromatic carbocycles. The number of nitrogens with one attached hydrogen (secondary N) is 1. The van der Waals surface area contributed by atoms with Gasteiger partial charge in [-0.15, -0.1) is 0 Å². The van der Waals surface area contributed by atoms with Crippen molar-refractivity contribution in [3.63, 3.8) is 0 Å². The molecular formula is C15H17ClN2O2S. The van der Waals surface area contributed by atoms with Gasteiger partial charge in [0.25, 0.3) is 0 Å². The summed E-state index contributed by atoms with van der Waals surface area (Å²) in [5.74, 6) is 0. The van der Waals surface area contributed by atoms with Crippen molar-refractivity contribution < 1.29 is 8.42 Å². The molecule has 6 heteroatoms. The largest absolute Gasteiger partial charge is 0.399 e. The fourth-order valence-electron chi connectivity index (χ4n) is 2.17. The van der Waals surface area contributed by atoms with Gasteiger partial charge in [-0.2, -0.15) is 0 Å². The Hall–Kier alpha value is -1.56. The summed E-state index contributed by atoms with van der Waals surface area (Å²) in [5, 5.41) is 0.111. The lowest BCUT2D eigenvalue weighted by Gasteiger charge is -2.17. The highest BCUT2D eigenvalue weighted by atomic mass is 35.5. The molecule has 0 heterocycles. The van der Waals surface area contributed by atoms with Gasteiger partial charge in [0.1, 0.15) is 4.90 Å². The Morgan fingerprint density at radius 2 is 1.86 bits per heavy atom. The predicted molar refractivity (Wildman–Crippen MR) is 85.8 cm³/mol. The third kappa shape index (κ3) is 3.56. The zero-order valence-corrected chi connectivity index (χ0v) is 13.4. The van der Waals surface area contributed by atoms with Crippen LogP contribution < -0.4 is 10.5 Å². The second-order valence-corrected chi connectivity index (χ2v) is 6.98. The molecule has 3 N–H and O–H groups in total.